The van der Waals surface area contributed by atoms with Crippen LogP contribution in [0, 0.1) is 0 Å². The molecule has 0 saturated carbocycles. The van der Waals surface area contributed by atoms with Crippen molar-refractivity contribution in [2.24, 2.45) is 12.8 Å². The summed E-state index contributed by atoms with van der Waals surface area (Å²) < 4.78 is 26.7. The summed E-state index contributed by atoms with van der Waals surface area (Å²) in [6.07, 6.45) is 5.47. The van der Waals surface area contributed by atoms with Gasteiger partial charge in [0.1, 0.15) is 5.88 Å². The molecule has 5 rings (SSSR count). The van der Waals surface area contributed by atoms with Crippen molar-refractivity contribution >= 4 is 44.3 Å². The molecule has 0 amide bonds. The van der Waals surface area contributed by atoms with Gasteiger partial charge in [-0.2, -0.15) is 4.98 Å². The van der Waals surface area contributed by atoms with Gasteiger partial charge in [-0.15, -0.1) is 0 Å². The second-order valence-electron chi connectivity index (χ2n) is 10.4. The first kappa shape index (κ1) is 27.6. The lowest BCUT2D eigenvalue weighted by molar-refractivity contribution is 0.495. The number of nitrogens with one attached hydrogen (secondary N) is 1. The molecule has 13 heteroatoms. The molecule has 1 aliphatic heterocycles. The highest BCUT2D eigenvalue weighted by molar-refractivity contribution is 7.72. The van der Waals surface area contributed by atoms with E-state index in [-0.39, 0.29) is 18.5 Å². The van der Waals surface area contributed by atoms with E-state index in [4.69, 9.17) is 10.7 Å². The summed E-state index contributed by atoms with van der Waals surface area (Å²) >= 11 is 0. The highest BCUT2D eigenvalue weighted by Crippen LogP contribution is 2.26. The lowest BCUT2D eigenvalue weighted by Gasteiger charge is -2.31. The van der Waals surface area contributed by atoms with Gasteiger partial charge in [0.05, 0.1) is 12.2 Å². The molecule has 1 saturated heterocycles. The number of imidazole rings is 1. The predicted molar refractivity (Wildman–Crippen MR) is 158 cm³/mol. The Labute approximate surface area is 232 Å². The van der Waals surface area contributed by atoms with E-state index in [1.807, 2.05) is 30.6 Å². The molecule has 1 unspecified atom stereocenters. The van der Waals surface area contributed by atoms with Crippen molar-refractivity contribution in [1.29, 1.82) is 0 Å². The number of aryl methyl sites for hydroxylation is 1. The number of nitrogens with zero attached hydrogens (tertiary/aromatic N) is 6. The average Bonchev–Trinajstić information content (AvgIpc) is 3.31. The minimum atomic E-state index is -2.61. The van der Waals surface area contributed by atoms with E-state index >= 15 is 0 Å². The largest absolute Gasteiger partial charge is 0.371 e. The number of fused-ring (bicyclic) bond motifs is 2. The van der Waals surface area contributed by atoms with E-state index in [0.717, 1.165) is 30.3 Å². The lowest BCUT2D eigenvalue weighted by atomic mass is 10.1. The summed E-state index contributed by atoms with van der Waals surface area (Å²) in [5.74, 6) is 0.422. The highest BCUT2D eigenvalue weighted by Gasteiger charge is 2.26. The third kappa shape index (κ3) is 5.26. The summed E-state index contributed by atoms with van der Waals surface area (Å²) in [5, 5.41) is 4.37. The first-order valence-electron chi connectivity index (χ1n) is 13.2. The fraction of sp³-hybridized carbons (Fsp3) is 0.407. The number of rotatable bonds is 8. The van der Waals surface area contributed by atoms with Crippen molar-refractivity contribution < 1.29 is 8.42 Å². The maximum atomic E-state index is 14.0. The van der Waals surface area contributed by atoms with Crippen molar-refractivity contribution in [3.8, 4) is 0 Å². The Morgan fingerprint density at radius 3 is 2.70 bits per heavy atom. The number of pyridine rings is 1. The molecule has 40 heavy (non-hydrogen) atoms. The molecule has 3 aromatic heterocycles. The molecule has 212 valence electrons. The van der Waals surface area contributed by atoms with Crippen molar-refractivity contribution in [2.45, 2.75) is 45.8 Å². The normalized spacial score (nSPS) is 15.7. The number of thiol groups is 1. The Kier molecular flexibility index (Phi) is 7.76. The van der Waals surface area contributed by atoms with Crippen LogP contribution in [0.4, 0.5) is 11.6 Å². The Morgan fingerprint density at radius 1 is 1.18 bits per heavy atom. The third-order valence-corrected chi connectivity index (χ3v) is 7.65. The topological polar surface area (TPSA) is 150 Å². The quantitative estimate of drug-likeness (QED) is 0.212. The van der Waals surface area contributed by atoms with Gasteiger partial charge in [-0.05, 0) is 38.8 Å². The summed E-state index contributed by atoms with van der Waals surface area (Å²) in [6, 6.07) is 7.18. The standard InChI is InChI=1S/C27H34N8O4S/c1-17(2)10-13-34-23-24(31-26(34)33-12-5-6-18(28)14-33)32(3)27(37)35(25(23)36)15-22-19-7-4-8-21(30-16-40(38)39)20(19)9-11-29-22/h4,7-11,18,30,40H,5-6,12-16,28H2,1-3H3. The molecule has 12 nitrogen and oxygen atoms in total. The van der Waals surface area contributed by atoms with Crippen molar-refractivity contribution in [2.75, 3.05) is 29.2 Å². The molecule has 1 atom stereocenters. The number of anilines is 2. The van der Waals surface area contributed by atoms with Crippen LogP contribution in [-0.2, 0) is 30.8 Å². The Balaban J connectivity index is 1.67. The van der Waals surface area contributed by atoms with Crippen molar-refractivity contribution in [3.63, 3.8) is 0 Å². The number of benzene rings is 1. The predicted octanol–water partition coefficient (Wildman–Crippen LogP) is 1.37. The Bertz CT molecular complexity index is 1810. The maximum Gasteiger partial charge on any atom is 0.332 e. The van der Waals surface area contributed by atoms with Crippen molar-refractivity contribution in [1.82, 2.24) is 23.7 Å². The zero-order chi connectivity index (χ0) is 28.6. The number of piperidine rings is 1. The van der Waals surface area contributed by atoms with Crippen LogP contribution in [0.25, 0.3) is 21.9 Å². The monoisotopic (exact) mass is 566 g/mol. The first-order valence-corrected chi connectivity index (χ1v) is 14.6. The zero-order valence-corrected chi connectivity index (χ0v) is 23.7. The van der Waals surface area contributed by atoms with Crippen LogP contribution >= 0.6 is 0 Å². The number of aromatic nitrogens is 5. The maximum absolute atomic E-state index is 14.0. The van der Waals surface area contributed by atoms with Crippen LogP contribution in [0.5, 0.6) is 0 Å². The number of hydrogen-bond acceptors (Lipinski definition) is 9. The van der Waals surface area contributed by atoms with Gasteiger partial charge in [0.2, 0.25) is 5.95 Å². The second-order valence-corrected chi connectivity index (χ2v) is 11.4. The van der Waals surface area contributed by atoms with Crippen LogP contribution < -0.4 is 27.2 Å². The molecule has 0 spiro atoms. The Hall–Kier alpha value is -3.97. The molecule has 3 N–H and O–H groups in total. The number of allylic oxidation sites excluding steroid dienone is 2. The van der Waals surface area contributed by atoms with E-state index in [1.165, 1.54) is 9.13 Å². The molecule has 1 aromatic carbocycles. The van der Waals surface area contributed by atoms with Gasteiger partial charge in [-0.25, -0.2) is 13.2 Å². The average molecular weight is 567 g/mol. The molecule has 0 radical (unpaired) electrons. The first-order chi connectivity index (χ1) is 19.2. The van der Waals surface area contributed by atoms with Gasteiger partial charge in [-0.1, -0.05) is 23.8 Å². The molecular weight excluding hydrogens is 532 g/mol. The zero-order valence-electron chi connectivity index (χ0n) is 22.8. The van der Waals surface area contributed by atoms with Crippen LogP contribution in [0.1, 0.15) is 32.4 Å². The van der Waals surface area contributed by atoms with Gasteiger partial charge in [0, 0.05) is 55.4 Å². The summed E-state index contributed by atoms with van der Waals surface area (Å²) in [7, 11) is -0.993. The summed E-state index contributed by atoms with van der Waals surface area (Å²) in [5.41, 5.74) is 8.22. The molecule has 0 aliphatic carbocycles. The van der Waals surface area contributed by atoms with Crippen LogP contribution in [0.2, 0.25) is 0 Å². The van der Waals surface area contributed by atoms with Gasteiger partial charge >= 0.3 is 5.69 Å². The SMILES string of the molecule is CC(C)=CCn1c(N2CCCC(N)C2)nc2c1c(=O)n(Cc1nccc3c(NC[SH](=O)=O)cccc13)c(=O)n2C. The molecule has 1 fully saturated rings. The van der Waals surface area contributed by atoms with E-state index in [9.17, 15) is 18.0 Å². The minimum Gasteiger partial charge on any atom is -0.371 e. The van der Waals surface area contributed by atoms with E-state index in [0.29, 0.717) is 47.0 Å². The fourth-order valence-corrected chi connectivity index (χ4v) is 5.53. The number of hydrogen-bond donors (Lipinski definition) is 3. The van der Waals surface area contributed by atoms with Crippen LogP contribution in [0.3, 0.4) is 0 Å². The Morgan fingerprint density at radius 2 is 1.98 bits per heavy atom. The van der Waals surface area contributed by atoms with E-state index < -0.39 is 22.0 Å². The van der Waals surface area contributed by atoms with Gasteiger partial charge in [-0.3, -0.25) is 18.9 Å². The molecular formula is C27H34N8O4S. The van der Waals surface area contributed by atoms with E-state index in [1.54, 1.807) is 31.4 Å². The van der Waals surface area contributed by atoms with Crippen molar-refractivity contribution in [3.05, 3.63) is 68.6 Å². The highest BCUT2D eigenvalue weighted by atomic mass is 32.2. The molecule has 0 bridgehead atoms. The van der Waals surface area contributed by atoms with Crippen LogP contribution in [0.15, 0.2) is 51.7 Å². The third-order valence-electron chi connectivity index (χ3n) is 7.23. The lowest BCUT2D eigenvalue weighted by Crippen LogP contribution is -2.44. The molecule has 4 aromatic rings. The summed E-state index contributed by atoms with van der Waals surface area (Å²) in [4.78, 5) is 38.9. The van der Waals surface area contributed by atoms with Gasteiger partial charge in [0.25, 0.3) is 5.56 Å². The van der Waals surface area contributed by atoms with Gasteiger partial charge < -0.3 is 20.5 Å². The van der Waals surface area contributed by atoms with Gasteiger partial charge in [0.15, 0.2) is 21.9 Å². The second kappa shape index (κ2) is 11.3. The summed E-state index contributed by atoms with van der Waals surface area (Å²) in [6.45, 7) is 5.75. The molecule has 4 heterocycles. The molecule has 1 aliphatic rings. The van der Waals surface area contributed by atoms with Crippen LogP contribution in [-0.4, -0.2) is 57.1 Å². The fourth-order valence-electron chi connectivity index (χ4n) is 5.23. The smallest absolute Gasteiger partial charge is 0.332 e. The number of nitrogens with two attached hydrogens (primary N) is 1. The van der Waals surface area contributed by atoms with E-state index in [2.05, 4.69) is 15.2 Å². The minimum absolute atomic E-state index is 0.0111.